The van der Waals surface area contributed by atoms with Gasteiger partial charge in [-0.2, -0.15) is 19.5 Å². The van der Waals surface area contributed by atoms with E-state index in [-0.39, 0.29) is 5.95 Å². The maximum atomic E-state index is 5.84. The Morgan fingerprint density at radius 3 is 2.84 bits per heavy atom. The lowest BCUT2D eigenvalue weighted by molar-refractivity contribution is 0.851. The van der Waals surface area contributed by atoms with Gasteiger partial charge in [-0.3, -0.25) is 4.98 Å². The number of pyridine rings is 1. The van der Waals surface area contributed by atoms with Gasteiger partial charge in [-0.1, -0.05) is 11.8 Å². The lowest BCUT2D eigenvalue weighted by Gasteiger charge is -1.97. The Kier molecular flexibility index (Phi) is 2.79. The number of aryl methyl sites for hydroxylation is 1. The minimum atomic E-state index is 0.277. The number of thioether (sulfide) groups is 1. The molecule has 8 heteroatoms. The highest BCUT2D eigenvalue weighted by Gasteiger charge is 2.11. The molecule has 0 saturated carbocycles. The van der Waals surface area contributed by atoms with Crippen molar-refractivity contribution in [2.45, 2.75) is 12.1 Å². The van der Waals surface area contributed by atoms with Crippen molar-refractivity contribution in [3.63, 3.8) is 0 Å². The van der Waals surface area contributed by atoms with Crippen LogP contribution in [0.3, 0.4) is 0 Å². The highest BCUT2D eigenvalue weighted by atomic mass is 32.2. The van der Waals surface area contributed by atoms with Crippen LogP contribution in [0.4, 0.5) is 5.95 Å². The summed E-state index contributed by atoms with van der Waals surface area (Å²) in [5.41, 5.74) is 7.62. The Morgan fingerprint density at radius 1 is 1.26 bits per heavy atom. The topological polar surface area (TPSA) is 94.9 Å². The van der Waals surface area contributed by atoms with Gasteiger partial charge >= 0.3 is 0 Å². The summed E-state index contributed by atoms with van der Waals surface area (Å²) in [4.78, 5) is 16.9. The van der Waals surface area contributed by atoms with E-state index >= 15 is 0 Å². The summed E-state index contributed by atoms with van der Waals surface area (Å²) in [6, 6.07) is 3.76. The molecule has 3 aromatic heterocycles. The van der Waals surface area contributed by atoms with Crippen molar-refractivity contribution in [2.75, 3.05) is 12.0 Å². The second-order valence-corrected chi connectivity index (χ2v) is 4.68. The second-order valence-electron chi connectivity index (χ2n) is 3.90. The fraction of sp³-hybridized carbons (Fsp3) is 0.182. The highest BCUT2D eigenvalue weighted by Crippen LogP contribution is 2.18. The van der Waals surface area contributed by atoms with Gasteiger partial charge in [0.05, 0.1) is 0 Å². The lowest BCUT2D eigenvalue weighted by atomic mass is 10.2. The minimum Gasteiger partial charge on any atom is -0.368 e. The van der Waals surface area contributed by atoms with Crippen LogP contribution in [0.1, 0.15) is 5.69 Å². The Labute approximate surface area is 113 Å². The summed E-state index contributed by atoms with van der Waals surface area (Å²) < 4.78 is 1.44. The molecule has 0 saturated heterocycles. The van der Waals surface area contributed by atoms with Crippen molar-refractivity contribution in [1.29, 1.82) is 0 Å². The van der Waals surface area contributed by atoms with Gasteiger partial charge in [0.2, 0.25) is 5.95 Å². The van der Waals surface area contributed by atoms with Crippen molar-refractivity contribution in [2.24, 2.45) is 0 Å². The van der Waals surface area contributed by atoms with Gasteiger partial charge in [0, 0.05) is 17.5 Å². The van der Waals surface area contributed by atoms with Crippen LogP contribution in [0.25, 0.3) is 17.2 Å². The van der Waals surface area contributed by atoms with Crippen LogP contribution in [0, 0.1) is 6.92 Å². The molecule has 0 aliphatic heterocycles. The predicted molar refractivity (Wildman–Crippen MR) is 72.7 cm³/mol. The van der Waals surface area contributed by atoms with E-state index in [9.17, 15) is 0 Å². The molecule has 96 valence electrons. The number of anilines is 1. The molecule has 0 atom stereocenters. The molecule has 19 heavy (non-hydrogen) atoms. The molecule has 2 N–H and O–H groups in total. The summed E-state index contributed by atoms with van der Waals surface area (Å²) in [7, 11) is 0. The molecule has 0 fully saturated rings. The summed E-state index contributed by atoms with van der Waals surface area (Å²) in [6.45, 7) is 1.92. The molecule has 3 heterocycles. The van der Waals surface area contributed by atoms with Gasteiger partial charge in [0.15, 0.2) is 11.0 Å². The number of rotatable bonds is 2. The van der Waals surface area contributed by atoms with E-state index in [1.807, 2.05) is 25.3 Å². The Bertz CT molecular complexity index is 752. The van der Waals surface area contributed by atoms with Crippen molar-refractivity contribution < 1.29 is 0 Å². The summed E-state index contributed by atoms with van der Waals surface area (Å²) in [5, 5.41) is 4.90. The number of aromatic nitrogens is 6. The first-order chi connectivity index (χ1) is 9.17. The van der Waals surface area contributed by atoms with Crippen LogP contribution in [0.2, 0.25) is 0 Å². The molecule has 0 aliphatic carbocycles. The van der Waals surface area contributed by atoms with Crippen LogP contribution in [-0.4, -0.2) is 35.8 Å². The van der Waals surface area contributed by atoms with E-state index in [1.165, 1.54) is 16.3 Å². The molecule has 0 amide bonds. The third kappa shape index (κ3) is 2.10. The summed E-state index contributed by atoms with van der Waals surface area (Å²) >= 11 is 1.41. The van der Waals surface area contributed by atoms with E-state index in [2.05, 4.69) is 25.0 Å². The second kappa shape index (κ2) is 4.47. The first-order valence-corrected chi connectivity index (χ1v) is 6.77. The van der Waals surface area contributed by atoms with Crippen LogP contribution in [0.15, 0.2) is 23.5 Å². The minimum absolute atomic E-state index is 0.277. The predicted octanol–water partition coefficient (Wildman–Crippen LogP) is 1.19. The monoisotopic (exact) mass is 273 g/mol. The fourth-order valence-electron chi connectivity index (χ4n) is 1.68. The average Bonchev–Trinajstić information content (AvgIpc) is 2.83. The maximum absolute atomic E-state index is 5.84. The number of fused-ring (bicyclic) bond motifs is 1. The molecule has 0 bridgehead atoms. The Hall–Kier alpha value is -2.22. The lowest BCUT2D eigenvalue weighted by Crippen LogP contribution is -2.04. The van der Waals surface area contributed by atoms with Crippen LogP contribution < -0.4 is 5.73 Å². The molecule has 0 aliphatic rings. The Morgan fingerprint density at radius 2 is 2.11 bits per heavy atom. The number of nitrogens with zero attached hydrogens (tertiary/aromatic N) is 6. The van der Waals surface area contributed by atoms with Gasteiger partial charge in [0.1, 0.15) is 0 Å². The smallest absolute Gasteiger partial charge is 0.258 e. The van der Waals surface area contributed by atoms with Gasteiger partial charge in [-0.05, 0) is 25.3 Å². The first kappa shape index (κ1) is 11.8. The van der Waals surface area contributed by atoms with Gasteiger partial charge in [-0.15, -0.1) is 5.10 Å². The molecule has 0 aromatic carbocycles. The molecule has 0 radical (unpaired) electrons. The highest BCUT2D eigenvalue weighted by molar-refractivity contribution is 7.98. The fourth-order valence-corrected chi connectivity index (χ4v) is 2.04. The number of nitrogens with two attached hydrogens (primary N) is 1. The largest absolute Gasteiger partial charge is 0.368 e. The number of hydrogen-bond acceptors (Lipinski definition) is 7. The van der Waals surface area contributed by atoms with E-state index in [1.54, 1.807) is 6.20 Å². The standard InChI is InChI=1S/C11H11N7S/c1-6-5-7(3-4-13-6)8-14-10-16-11(19-2)15-9(12)18(10)17-8/h3-5H,1-2H3,(H2,12,14,15,16,17). The molecular weight excluding hydrogens is 262 g/mol. The van der Waals surface area contributed by atoms with Crippen LogP contribution in [0.5, 0.6) is 0 Å². The van der Waals surface area contributed by atoms with E-state index in [0.717, 1.165) is 11.3 Å². The molecule has 0 unspecified atom stereocenters. The number of hydrogen-bond donors (Lipinski definition) is 1. The van der Waals surface area contributed by atoms with E-state index in [0.29, 0.717) is 16.8 Å². The SMILES string of the molecule is CSc1nc(N)n2nc(-c3ccnc(C)c3)nc2n1. The normalized spacial score (nSPS) is 11.1. The van der Waals surface area contributed by atoms with Gasteiger partial charge in [-0.25, -0.2) is 0 Å². The van der Waals surface area contributed by atoms with Crippen molar-refractivity contribution in [3.8, 4) is 11.4 Å². The summed E-state index contributed by atoms with van der Waals surface area (Å²) in [5.74, 6) is 1.28. The molecule has 7 nitrogen and oxygen atoms in total. The van der Waals surface area contributed by atoms with Gasteiger partial charge < -0.3 is 5.73 Å². The number of nitrogen functional groups attached to an aromatic ring is 1. The van der Waals surface area contributed by atoms with Crippen molar-refractivity contribution >= 4 is 23.5 Å². The first-order valence-electron chi connectivity index (χ1n) is 5.54. The van der Waals surface area contributed by atoms with Crippen molar-refractivity contribution in [1.82, 2.24) is 29.5 Å². The summed E-state index contributed by atoms with van der Waals surface area (Å²) in [6.07, 6.45) is 3.60. The van der Waals surface area contributed by atoms with E-state index in [4.69, 9.17) is 5.73 Å². The molecular formula is C11H11N7S. The zero-order chi connectivity index (χ0) is 13.4. The molecule has 3 aromatic rings. The third-order valence-corrected chi connectivity index (χ3v) is 3.10. The zero-order valence-corrected chi connectivity index (χ0v) is 11.2. The Balaban J connectivity index is 2.19. The quantitative estimate of drug-likeness (QED) is 0.701. The maximum Gasteiger partial charge on any atom is 0.258 e. The third-order valence-electron chi connectivity index (χ3n) is 2.55. The zero-order valence-electron chi connectivity index (χ0n) is 10.4. The van der Waals surface area contributed by atoms with Crippen LogP contribution >= 0.6 is 11.8 Å². The van der Waals surface area contributed by atoms with E-state index < -0.39 is 0 Å². The van der Waals surface area contributed by atoms with Crippen LogP contribution in [-0.2, 0) is 0 Å². The molecule has 3 rings (SSSR count). The van der Waals surface area contributed by atoms with Crippen molar-refractivity contribution in [3.05, 3.63) is 24.0 Å². The average molecular weight is 273 g/mol. The molecule has 0 spiro atoms. The van der Waals surface area contributed by atoms with Gasteiger partial charge in [0.25, 0.3) is 5.78 Å².